The fourth-order valence-corrected chi connectivity index (χ4v) is 3.33. The fraction of sp³-hybridized carbons (Fsp3) is 0.562. The van der Waals surface area contributed by atoms with Crippen molar-refractivity contribution < 1.29 is 14.3 Å². The smallest absolute Gasteiger partial charge is 0.253 e. The second-order valence-electron chi connectivity index (χ2n) is 5.81. The van der Waals surface area contributed by atoms with Gasteiger partial charge in [-0.25, -0.2) is 0 Å². The summed E-state index contributed by atoms with van der Waals surface area (Å²) in [5, 5.41) is 3.02. The molecule has 0 aliphatic carbocycles. The van der Waals surface area contributed by atoms with E-state index in [2.05, 4.69) is 26.1 Å². The molecule has 6 nitrogen and oxygen atoms in total. The highest BCUT2D eigenvalue weighted by Gasteiger charge is 2.30. The summed E-state index contributed by atoms with van der Waals surface area (Å²) in [4.78, 5) is 14.7. The van der Waals surface area contributed by atoms with Crippen LogP contribution in [0.25, 0.3) is 0 Å². The van der Waals surface area contributed by atoms with Crippen LogP contribution in [0.5, 0.6) is 0 Å². The molecule has 0 radical (unpaired) electrons. The lowest BCUT2D eigenvalue weighted by molar-refractivity contribution is -0.126. The fourth-order valence-electron chi connectivity index (χ4n) is 2.97. The van der Waals surface area contributed by atoms with Crippen LogP contribution in [-0.2, 0) is 14.3 Å². The third-order valence-corrected chi connectivity index (χ3v) is 4.72. The van der Waals surface area contributed by atoms with Crippen molar-refractivity contribution in [3.63, 3.8) is 0 Å². The van der Waals surface area contributed by atoms with E-state index in [9.17, 15) is 4.79 Å². The number of benzene rings is 1. The first-order valence-electron chi connectivity index (χ1n) is 7.96. The van der Waals surface area contributed by atoms with Gasteiger partial charge in [-0.05, 0) is 31.0 Å². The summed E-state index contributed by atoms with van der Waals surface area (Å²) < 4.78 is 12.0. The van der Waals surface area contributed by atoms with E-state index < -0.39 is 6.10 Å². The molecule has 0 unspecified atom stereocenters. The Hall–Kier alpha value is -1.15. The maximum Gasteiger partial charge on any atom is 0.253 e. The Labute approximate surface area is 144 Å². The van der Waals surface area contributed by atoms with Crippen LogP contribution < -0.4 is 16.0 Å². The van der Waals surface area contributed by atoms with Crippen LogP contribution in [0.4, 0.5) is 11.4 Å². The molecule has 3 rings (SSSR count). The van der Waals surface area contributed by atoms with Crippen molar-refractivity contribution in [3.05, 3.63) is 22.7 Å². The number of anilines is 2. The van der Waals surface area contributed by atoms with E-state index in [-0.39, 0.29) is 12.0 Å². The minimum Gasteiger partial charge on any atom is -0.378 e. The molecule has 3 N–H and O–H groups in total. The summed E-state index contributed by atoms with van der Waals surface area (Å²) in [6, 6.07) is 5.93. The number of nitrogens with two attached hydrogens (primary N) is 1. The van der Waals surface area contributed by atoms with Crippen LogP contribution in [0.3, 0.4) is 0 Å². The van der Waals surface area contributed by atoms with Gasteiger partial charge in [0.15, 0.2) is 0 Å². The standard InChI is InChI=1S/C16H22BrN3O3/c17-11-1-3-14(20-5-7-22-8-6-20)13(9-11)19-16(21)15-4-2-12(10-18)23-15/h1,3,9,12,15H,2,4-8,10,18H2,(H,19,21)/t12-,15+/m1/s1. The third-order valence-electron chi connectivity index (χ3n) is 4.23. The van der Waals surface area contributed by atoms with Gasteiger partial charge >= 0.3 is 0 Å². The molecule has 0 aromatic heterocycles. The molecule has 126 valence electrons. The van der Waals surface area contributed by atoms with Crippen molar-refractivity contribution in [2.45, 2.75) is 25.0 Å². The summed E-state index contributed by atoms with van der Waals surface area (Å²) in [7, 11) is 0. The van der Waals surface area contributed by atoms with Crippen LogP contribution in [0, 0.1) is 0 Å². The summed E-state index contributed by atoms with van der Waals surface area (Å²) in [6.45, 7) is 3.50. The molecule has 2 saturated heterocycles. The molecule has 2 aliphatic heterocycles. The normalized spacial score (nSPS) is 24.7. The zero-order valence-electron chi connectivity index (χ0n) is 13.0. The van der Waals surface area contributed by atoms with Gasteiger partial charge in [-0.3, -0.25) is 4.79 Å². The number of carbonyl (C=O) groups is 1. The van der Waals surface area contributed by atoms with Crippen LogP contribution in [0.2, 0.25) is 0 Å². The third kappa shape index (κ3) is 4.03. The van der Waals surface area contributed by atoms with E-state index in [4.69, 9.17) is 15.2 Å². The molecule has 2 atom stereocenters. The first-order valence-corrected chi connectivity index (χ1v) is 8.75. The van der Waals surface area contributed by atoms with Gasteiger partial charge in [-0.2, -0.15) is 0 Å². The largest absolute Gasteiger partial charge is 0.378 e. The van der Waals surface area contributed by atoms with Gasteiger partial charge in [-0.15, -0.1) is 0 Å². The highest BCUT2D eigenvalue weighted by Crippen LogP contribution is 2.31. The summed E-state index contributed by atoms with van der Waals surface area (Å²) in [5.74, 6) is -0.103. The zero-order valence-corrected chi connectivity index (χ0v) is 14.5. The number of nitrogens with one attached hydrogen (secondary N) is 1. The topological polar surface area (TPSA) is 76.8 Å². The number of amides is 1. The van der Waals surface area contributed by atoms with Gasteiger partial charge in [0.1, 0.15) is 6.10 Å². The van der Waals surface area contributed by atoms with E-state index in [0.29, 0.717) is 26.2 Å². The van der Waals surface area contributed by atoms with E-state index in [0.717, 1.165) is 35.4 Å². The SMILES string of the molecule is NC[C@H]1CC[C@@H](C(=O)Nc2cc(Br)ccc2N2CCOCC2)O1. The Balaban J connectivity index is 1.73. The Morgan fingerprint density at radius 1 is 1.35 bits per heavy atom. The number of carbonyl (C=O) groups excluding carboxylic acids is 1. The number of rotatable bonds is 4. The maximum atomic E-state index is 12.5. The number of hydrogen-bond acceptors (Lipinski definition) is 5. The minimum atomic E-state index is -0.417. The molecular formula is C16H22BrN3O3. The molecule has 1 aromatic carbocycles. The average molecular weight is 384 g/mol. The lowest BCUT2D eigenvalue weighted by Crippen LogP contribution is -2.37. The van der Waals surface area contributed by atoms with Gasteiger partial charge in [-0.1, -0.05) is 15.9 Å². The number of nitrogens with zero attached hydrogens (tertiary/aromatic N) is 1. The lowest BCUT2D eigenvalue weighted by Gasteiger charge is -2.30. The minimum absolute atomic E-state index is 0.00743. The Morgan fingerprint density at radius 3 is 2.83 bits per heavy atom. The van der Waals surface area contributed by atoms with Crippen molar-refractivity contribution >= 4 is 33.2 Å². The van der Waals surface area contributed by atoms with Gasteiger partial charge in [0.25, 0.3) is 5.91 Å². The van der Waals surface area contributed by atoms with Gasteiger partial charge in [0.2, 0.25) is 0 Å². The lowest BCUT2D eigenvalue weighted by atomic mass is 10.1. The molecule has 2 aliphatic rings. The maximum absolute atomic E-state index is 12.5. The average Bonchev–Trinajstić information content (AvgIpc) is 3.05. The molecule has 23 heavy (non-hydrogen) atoms. The van der Waals surface area contributed by atoms with Crippen molar-refractivity contribution in [2.24, 2.45) is 5.73 Å². The van der Waals surface area contributed by atoms with Gasteiger partial charge < -0.3 is 25.4 Å². The Morgan fingerprint density at radius 2 is 2.13 bits per heavy atom. The Bertz CT molecular complexity index is 564. The predicted molar refractivity (Wildman–Crippen MR) is 92.8 cm³/mol. The van der Waals surface area contributed by atoms with Crippen molar-refractivity contribution in [1.82, 2.24) is 0 Å². The zero-order chi connectivity index (χ0) is 16.2. The number of hydrogen-bond donors (Lipinski definition) is 2. The number of halogens is 1. The first kappa shape index (κ1) is 16.7. The summed E-state index contributed by atoms with van der Waals surface area (Å²) in [5.41, 5.74) is 7.42. The number of morpholine rings is 1. The monoisotopic (exact) mass is 383 g/mol. The first-order chi connectivity index (χ1) is 11.2. The highest BCUT2D eigenvalue weighted by molar-refractivity contribution is 9.10. The van der Waals surface area contributed by atoms with Crippen molar-refractivity contribution in [1.29, 1.82) is 0 Å². The van der Waals surface area contributed by atoms with Gasteiger partial charge in [0, 0.05) is 24.1 Å². The van der Waals surface area contributed by atoms with E-state index >= 15 is 0 Å². The highest BCUT2D eigenvalue weighted by atomic mass is 79.9. The predicted octanol–water partition coefficient (Wildman–Crippen LogP) is 1.73. The molecule has 0 saturated carbocycles. The van der Waals surface area contributed by atoms with Crippen LogP contribution in [0.1, 0.15) is 12.8 Å². The Kier molecular flexibility index (Phi) is 5.53. The molecule has 1 amide bonds. The molecule has 2 heterocycles. The molecule has 7 heteroatoms. The summed E-state index contributed by atoms with van der Waals surface area (Å²) >= 11 is 3.47. The van der Waals surface area contributed by atoms with E-state index in [1.807, 2.05) is 18.2 Å². The quantitative estimate of drug-likeness (QED) is 0.827. The van der Waals surface area contributed by atoms with Crippen LogP contribution >= 0.6 is 15.9 Å². The number of ether oxygens (including phenoxy) is 2. The molecular weight excluding hydrogens is 362 g/mol. The molecule has 0 spiro atoms. The molecule has 2 fully saturated rings. The van der Waals surface area contributed by atoms with Crippen molar-refractivity contribution in [3.8, 4) is 0 Å². The van der Waals surface area contributed by atoms with E-state index in [1.165, 1.54) is 0 Å². The van der Waals surface area contributed by atoms with Crippen molar-refractivity contribution in [2.75, 3.05) is 43.1 Å². The van der Waals surface area contributed by atoms with Gasteiger partial charge in [0.05, 0.1) is 30.7 Å². The summed E-state index contributed by atoms with van der Waals surface area (Å²) in [6.07, 6.45) is 1.13. The van der Waals surface area contributed by atoms with E-state index in [1.54, 1.807) is 0 Å². The second kappa shape index (κ2) is 7.61. The molecule has 0 bridgehead atoms. The van der Waals surface area contributed by atoms with Crippen LogP contribution in [-0.4, -0.2) is 51.0 Å². The molecule has 1 aromatic rings. The van der Waals surface area contributed by atoms with Crippen LogP contribution in [0.15, 0.2) is 22.7 Å². The second-order valence-corrected chi connectivity index (χ2v) is 6.73.